The zero-order valence-corrected chi connectivity index (χ0v) is 12.2. The fourth-order valence-electron chi connectivity index (χ4n) is 1.50. The summed E-state index contributed by atoms with van der Waals surface area (Å²) in [6.45, 7) is 0.381. The van der Waals surface area contributed by atoms with E-state index in [0.717, 1.165) is 29.8 Å². The fraction of sp³-hybridized carbons (Fsp3) is 0.308. The monoisotopic (exact) mass is 317 g/mol. The maximum Gasteiger partial charge on any atom is 0.266 e. The minimum absolute atomic E-state index is 0.0767. The lowest BCUT2D eigenvalue weighted by Crippen LogP contribution is -2.00. The predicted octanol–water partition coefficient (Wildman–Crippen LogP) is 4.32. The highest BCUT2D eigenvalue weighted by Gasteiger charge is 2.04. The van der Waals surface area contributed by atoms with Crippen molar-refractivity contribution < 1.29 is 17.9 Å². The molecule has 1 aromatic carbocycles. The van der Waals surface area contributed by atoms with Gasteiger partial charge in [-0.3, -0.25) is 0 Å². The summed E-state index contributed by atoms with van der Waals surface area (Å²) in [6, 6.07) is 3.28. The largest absolute Gasteiger partial charge is 0.490 e. The summed E-state index contributed by atoms with van der Waals surface area (Å²) in [5, 5.41) is 0. The topological polar surface area (TPSA) is 38.2 Å². The summed E-state index contributed by atoms with van der Waals surface area (Å²) in [7, 11) is 0. The quantitative estimate of drug-likeness (QED) is 0.610. The van der Waals surface area contributed by atoms with Crippen LogP contribution in [0.1, 0.15) is 12.2 Å². The Morgan fingerprint density at radius 1 is 1.35 bits per heavy atom. The van der Waals surface area contributed by atoms with Crippen molar-refractivity contribution in [1.29, 1.82) is 0 Å². The Kier molecular flexibility index (Phi) is 5.60. The number of halogens is 2. The van der Waals surface area contributed by atoms with Crippen molar-refractivity contribution in [3.05, 3.63) is 46.6 Å². The second-order valence-corrected chi connectivity index (χ2v) is 5.45. The van der Waals surface area contributed by atoms with E-state index in [2.05, 4.69) is 4.98 Å². The van der Waals surface area contributed by atoms with Gasteiger partial charge in [0.05, 0.1) is 12.4 Å². The SMILES string of the molecule is Fc1ccc(OCCCSCc2c[nH]c(=S)o2)c(F)c1. The third-order valence-corrected chi connectivity index (χ3v) is 3.67. The Bertz CT molecular complexity index is 612. The van der Waals surface area contributed by atoms with Crippen LogP contribution in [0.2, 0.25) is 0 Å². The number of oxazole rings is 1. The van der Waals surface area contributed by atoms with Gasteiger partial charge in [-0.05, 0) is 36.5 Å². The highest BCUT2D eigenvalue weighted by molar-refractivity contribution is 7.98. The van der Waals surface area contributed by atoms with Crippen molar-refractivity contribution >= 4 is 24.0 Å². The third-order valence-electron chi connectivity index (χ3n) is 2.40. The van der Waals surface area contributed by atoms with Crippen molar-refractivity contribution in [3.8, 4) is 5.75 Å². The van der Waals surface area contributed by atoms with Crippen LogP contribution in [0.3, 0.4) is 0 Å². The minimum atomic E-state index is -0.679. The van der Waals surface area contributed by atoms with Gasteiger partial charge in [0.25, 0.3) is 4.84 Å². The maximum absolute atomic E-state index is 13.3. The number of hydrogen-bond acceptors (Lipinski definition) is 4. The Balaban J connectivity index is 1.63. The van der Waals surface area contributed by atoms with E-state index in [1.165, 1.54) is 12.1 Å². The lowest BCUT2D eigenvalue weighted by atomic mass is 10.3. The molecular formula is C13H13F2NO2S2. The first-order valence-corrected chi connectivity index (χ1v) is 7.54. The van der Waals surface area contributed by atoms with E-state index in [0.29, 0.717) is 11.4 Å². The number of hydrogen-bond donors (Lipinski definition) is 1. The molecule has 0 aliphatic heterocycles. The first-order valence-electron chi connectivity index (χ1n) is 5.98. The summed E-state index contributed by atoms with van der Waals surface area (Å²) in [4.78, 5) is 3.16. The van der Waals surface area contributed by atoms with E-state index in [1.54, 1.807) is 18.0 Å². The highest BCUT2D eigenvalue weighted by atomic mass is 32.2. The summed E-state index contributed by atoms with van der Waals surface area (Å²) in [5.41, 5.74) is 0. The summed E-state index contributed by atoms with van der Waals surface area (Å²) in [6.07, 6.45) is 2.49. The van der Waals surface area contributed by atoms with E-state index in [4.69, 9.17) is 21.4 Å². The number of benzene rings is 1. The van der Waals surface area contributed by atoms with Crippen LogP contribution in [0, 0.1) is 16.5 Å². The molecule has 108 valence electrons. The summed E-state index contributed by atoms with van der Waals surface area (Å²) in [5.74, 6) is 1.15. The molecule has 0 bridgehead atoms. The molecule has 0 atom stereocenters. The molecule has 0 unspecified atom stereocenters. The van der Waals surface area contributed by atoms with Gasteiger partial charge >= 0.3 is 0 Å². The second-order valence-electron chi connectivity index (χ2n) is 3.97. The van der Waals surface area contributed by atoms with Gasteiger partial charge in [-0.15, -0.1) is 0 Å². The standard InChI is InChI=1S/C13H13F2NO2S2/c14-9-2-3-12(11(15)6-9)17-4-1-5-20-8-10-7-16-13(19)18-10/h2-3,6-7H,1,4-5,8H2,(H,16,19). The smallest absolute Gasteiger partial charge is 0.266 e. The van der Waals surface area contributed by atoms with Gasteiger partial charge in [-0.1, -0.05) is 0 Å². The van der Waals surface area contributed by atoms with Gasteiger partial charge in [0, 0.05) is 12.3 Å². The Hall–Kier alpha value is -1.34. The van der Waals surface area contributed by atoms with Crippen LogP contribution in [0.5, 0.6) is 5.75 Å². The number of ether oxygens (including phenoxy) is 1. The van der Waals surface area contributed by atoms with Crippen LogP contribution < -0.4 is 4.74 Å². The molecule has 0 amide bonds. The number of H-pyrrole nitrogens is 1. The molecule has 3 nitrogen and oxygen atoms in total. The maximum atomic E-state index is 13.3. The van der Waals surface area contributed by atoms with Gasteiger partial charge in [0.15, 0.2) is 11.6 Å². The Morgan fingerprint density at radius 2 is 2.20 bits per heavy atom. The van der Waals surface area contributed by atoms with E-state index in [9.17, 15) is 8.78 Å². The van der Waals surface area contributed by atoms with Crippen LogP contribution in [0.25, 0.3) is 0 Å². The third kappa shape index (κ3) is 4.64. The van der Waals surface area contributed by atoms with Gasteiger partial charge < -0.3 is 14.1 Å². The molecule has 0 saturated carbocycles. The first kappa shape index (κ1) is 15.1. The molecule has 0 radical (unpaired) electrons. The van der Waals surface area contributed by atoms with Crippen LogP contribution in [0.15, 0.2) is 28.8 Å². The van der Waals surface area contributed by atoms with Gasteiger partial charge in [-0.25, -0.2) is 8.78 Å². The first-order chi connectivity index (χ1) is 9.65. The Labute approximate surface area is 124 Å². The minimum Gasteiger partial charge on any atom is -0.490 e. The molecule has 1 aromatic heterocycles. The Morgan fingerprint density at radius 3 is 2.90 bits per heavy atom. The lowest BCUT2D eigenvalue weighted by molar-refractivity contribution is 0.301. The number of aromatic amines is 1. The zero-order valence-electron chi connectivity index (χ0n) is 10.5. The fourth-order valence-corrected chi connectivity index (χ4v) is 2.47. The van der Waals surface area contributed by atoms with Crippen LogP contribution >= 0.6 is 24.0 Å². The molecule has 0 aliphatic rings. The van der Waals surface area contributed by atoms with E-state index < -0.39 is 11.6 Å². The van der Waals surface area contributed by atoms with Crippen molar-refractivity contribution in [3.63, 3.8) is 0 Å². The second kappa shape index (κ2) is 7.44. The molecule has 0 aliphatic carbocycles. The number of thioether (sulfide) groups is 1. The highest BCUT2D eigenvalue weighted by Crippen LogP contribution is 2.18. The molecular weight excluding hydrogens is 304 g/mol. The molecule has 2 rings (SSSR count). The van der Waals surface area contributed by atoms with Crippen molar-refractivity contribution in [1.82, 2.24) is 4.98 Å². The molecule has 20 heavy (non-hydrogen) atoms. The van der Waals surface area contributed by atoms with Gasteiger partial charge in [0.2, 0.25) is 0 Å². The van der Waals surface area contributed by atoms with Gasteiger partial charge in [-0.2, -0.15) is 11.8 Å². The number of nitrogens with one attached hydrogen (secondary N) is 1. The van der Waals surface area contributed by atoms with Crippen molar-refractivity contribution in [2.24, 2.45) is 0 Å². The zero-order chi connectivity index (χ0) is 14.4. The van der Waals surface area contributed by atoms with Crippen LogP contribution in [0.4, 0.5) is 8.78 Å². The normalized spacial score (nSPS) is 10.7. The molecule has 1 heterocycles. The molecule has 1 N–H and O–H groups in total. The van der Waals surface area contributed by atoms with Gasteiger partial charge in [0.1, 0.15) is 11.6 Å². The molecule has 0 saturated heterocycles. The van der Waals surface area contributed by atoms with Crippen LogP contribution in [-0.2, 0) is 5.75 Å². The van der Waals surface area contributed by atoms with Crippen molar-refractivity contribution in [2.45, 2.75) is 12.2 Å². The summed E-state index contributed by atoms with van der Waals surface area (Å²) >= 11 is 6.48. The van der Waals surface area contributed by atoms with Crippen molar-refractivity contribution in [2.75, 3.05) is 12.4 Å². The summed E-state index contributed by atoms with van der Waals surface area (Å²) < 4.78 is 36.4. The van der Waals surface area contributed by atoms with E-state index in [-0.39, 0.29) is 5.75 Å². The number of rotatable bonds is 7. The molecule has 7 heteroatoms. The predicted molar refractivity (Wildman–Crippen MR) is 76.5 cm³/mol. The lowest BCUT2D eigenvalue weighted by Gasteiger charge is -2.06. The molecule has 2 aromatic rings. The van der Waals surface area contributed by atoms with E-state index >= 15 is 0 Å². The van der Waals surface area contributed by atoms with Crippen LogP contribution in [-0.4, -0.2) is 17.3 Å². The van der Waals surface area contributed by atoms with E-state index in [1.807, 2.05) is 0 Å². The molecule has 0 fully saturated rings. The number of aromatic nitrogens is 1. The molecule has 0 spiro atoms. The average Bonchev–Trinajstić information content (AvgIpc) is 2.81. The average molecular weight is 317 g/mol.